The third kappa shape index (κ3) is 1.61. The molecule has 0 atom stereocenters. The summed E-state index contributed by atoms with van der Waals surface area (Å²) < 4.78 is 2.77. The Morgan fingerprint density at radius 3 is 2.71 bits per heavy atom. The van der Waals surface area contributed by atoms with Gasteiger partial charge in [-0.15, -0.1) is 0 Å². The van der Waals surface area contributed by atoms with Crippen LogP contribution in [-0.2, 0) is 0 Å². The number of fused-ring (bicyclic) bond motifs is 1. The second kappa shape index (κ2) is 4.24. The van der Waals surface area contributed by atoms with Gasteiger partial charge in [-0.1, -0.05) is 0 Å². The number of benzene rings is 1. The van der Waals surface area contributed by atoms with Crippen LogP contribution in [0.1, 0.15) is 10.4 Å². The molecule has 0 saturated heterocycles. The molecule has 0 spiro atoms. The molecule has 0 saturated carbocycles. The molecule has 1 heterocycles. The van der Waals surface area contributed by atoms with E-state index in [0.717, 1.165) is 9.13 Å². The maximum absolute atomic E-state index is 11.8. The van der Waals surface area contributed by atoms with Gasteiger partial charge in [0.2, 0.25) is 0 Å². The average Bonchev–Trinajstić information content (AvgIpc) is 2.45. The Morgan fingerprint density at radius 1 is 1.36 bits per heavy atom. The fraction of sp³-hybridized carbons (Fsp3) is 0.222. The van der Waals surface area contributed by atoms with E-state index in [-0.39, 0.29) is 5.91 Å². The van der Waals surface area contributed by atoms with Gasteiger partial charge in [-0.3, -0.25) is 0 Å². The van der Waals surface area contributed by atoms with E-state index in [4.69, 9.17) is 20.5 Å². The molecule has 0 N–H and O–H groups in total. The van der Waals surface area contributed by atoms with E-state index in [1.54, 1.807) is 3.11 Å². The molecule has 0 fully saturated rings. The second-order valence-corrected chi connectivity index (χ2v) is 8.55. The van der Waals surface area contributed by atoms with E-state index >= 15 is 0 Å². The molecule has 1 amide bonds. The zero-order valence-electron chi connectivity index (χ0n) is 7.21. The van der Waals surface area contributed by atoms with Crippen molar-refractivity contribution in [2.24, 2.45) is 0 Å². The number of hydrogen-bond donors (Lipinski definition) is 0. The van der Waals surface area contributed by atoms with Crippen molar-refractivity contribution in [3.05, 3.63) is 33.4 Å². The monoisotopic (exact) mass is 343 g/mol. The number of carbonyl (C=O) groups excluding carboxylic acids is 1. The molecule has 2 rings (SSSR count). The molecule has 0 radical (unpaired) electrons. The van der Waals surface area contributed by atoms with Gasteiger partial charge in [0.1, 0.15) is 0 Å². The Bertz CT molecular complexity index is 372. The molecule has 76 valence electrons. The summed E-state index contributed by atoms with van der Waals surface area (Å²) in [5, 5.41) is 0. The van der Waals surface area contributed by atoms with Crippen LogP contribution in [0.15, 0.2) is 24.3 Å². The van der Waals surface area contributed by atoms with Crippen LogP contribution in [0.2, 0.25) is 0 Å². The summed E-state index contributed by atoms with van der Waals surface area (Å²) >= 11 is 3.68. The number of amides is 1. The van der Waals surface area contributed by atoms with Crippen LogP contribution in [0, 0.1) is 3.57 Å². The van der Waals surface area contributed by atoms with E-state index in [2.05, 4.69) is 0 Å². The van der Waals surface area contributed by atoms with Crippen LogP contribution in [0.4, 0.5) is 0 Å². The Balaban J connectivity index is 2.38. The first-order valence-electron chi connectivity index (χ1n) is 4.09. The number of halogens is 3. The molecule has 0 bridgehead atoms. The molecule has 1 aliphatic heterocycles. The fourth-order valence-corrected chi connectivity index (χ4v) is 6.77. The Kier molecular flexibility index (Phi) is 3.19. The van der Waals surface area contributed by atoms with E-state index in [0.29, 0.717) is 12.4 Å². The van der Waals surface area contributed by atoms with Gasteiger partial charge in [-0.2, -0.15) is 0 Å². The number of rotatable bonds is 2. The number of nitrogens with zero attached hydrogens (tertiary/aromatic N) is 1. The third-order valence-electron chi connectivity index (χ3n) is 1.95. The predicted octanol–water partition coefficient (Wildman–Crippen LogP) is 3.13. The van der Waals surface area contributed by atoms with Crippen molar-refractivity contribution >= 4 is 45.4 Å². The quantitative estimate of drug-likeness (QED) is 0.459. The third-order valence-corrected chi connectivity index (χ3v) is 8.03. The van der Waals surface area contributed by atoms with Crippen LogP contribution in [0.3, 0.4) is 0 Å². The first kappa shape index (κ1) is 10.5. The van der Waals surface area contributed by atoms with Crippen molar-refractivity contribution in [2.45, 2.75) is 0 Å². The van der Waals surface area contributed by atoms with Crippen molar-refractivity contribution in [3.8, 4) is 0 Å². The molecular weight excluding hydrogens is 336 g/mol. The van der Waals surface area contributed by atoms with Gasteiger partial charge in [0.25, 0.3) is 0 Å². The summed E-state index contributed by atoms with van der Waals surface area (Å²) in [6.07, 6.45) is 0. The van der Waals surface area contributed by atoms with Crippen LogP contribution in [0.25, 0.3) is 0 Å². The molecule has 5 heteroatoms. The summed E-state index contributed by atoms with van der Waals surface area (Å²) in [6.45, 7) is 0.559. The van der Waals surface area contributed by atoms with Crippen molar-refractivity contribution in [1.29, 1.82) is 0 Å². The standard InChI is InChI=1S/C9H8Cl2INO/c10-5-6-13-9(14)7-3-1-2-4-8(7)12(13)11/h1-4H,5-6H2. The second-order valence-electron chi connectivity index (χ2n) is 2.78. The van der Waals surface area contributed by atoms with Gasteiger partial charge in [0, 0.05) is 0 Å². The summed E-state index contributed by atoms with van der Waals surface area (Å²) in [5.41, 5.74) is 0.762. The summed E-state index contributed by atoms with van der Waals surface area (Å²) in [4.78, 5) is 11.8. The Morgan fingerprint density at radius 2 is 2.07 bits per heavy atom. The molecule has 0 aromatic heterocycles. The van der Waals surface area contributed by atoms with Crippen LogP contribution >= 0.6 is 39.5 Å². The van der Waals surface area contributed by atoms with E-state index in [1.807, 2.05) is 24.3 Å². The van der Waals surface area contributed by atoms with E-state index in [9.17, 15) is 4.79 Å². The number of hydrogen-bond acceptors (Lipinski definition) is 1. The SMILES string of the molecule is O=C1c2ccccc2I(Cl)N1CCCl. The molecule has 0 aliphatic carbocycles. The predicted molar refractivity (Wildman–Crippen MR) is 66.8 cm³/mol. The van der Waals surface area contributed by atoms with Crippen LogP contribution < -0.4 is 0 Å². The molecule has 0 unspecified atom stereocenters. The van der Waals surface area contributed by atoms with Crippen molar-refractivity contribution in [3.63, 3.8) is 0 Å². The van der Waals surface area contributed by atoms with Gasteiger partial charge in [0.05, 0.1) is 0 Å². The van der Waals surface area contributed by atoms with Crippen LogP contribution in [-0.4, -0.2) is 21.4 Å². The van der Waals surface area contributed by atoms with Crippen LogP contribution in [0.5, 0.6) is 0 Å². The van der Waals surface area contributed by atoms with Gasteiger partial charge in [-0.25, -0.2) is 0 Å². The Labute approximate surface area is 98.6 Å². The maximum atomic E-state index is 11.8. The zero-order chi connectivity index (χ0) is 10.1. The van der Waals surface area contributed by atoms with Crippen molar-refractivity contribution in [2.75, 3.05) is 12.4 Å². The van der Waals surface area contributed by atoms with Gasteiger partial charge < -0.3 is 0 Å². The molecule has 14 heavy (non-hydrogen) atoms. The van der Waals surface area contributed by atoms with Gasteiger partial charge in [-0.05, 0) is 0 Å². The summed E-state index contributed by atoms with van der Waals surface area (Å²) in [5.74, 6) is 0.488. The average molecular weight is 344 g/mol. The van der Waals surface area contributed by atoms with Crippen molar-refractivity contribution < 1.29 is 4.79 Å². The van der Waals surface area contributed by atoms with Gasteiger partial charge >= 0.3 is 99.1 Å². The molecule has 1 aromatic rings. The zero-order valence-corrected chi connectivity index (χ0v) is 10.9. The first-order valence-corrected chi connectivity index (χ1v) is 9.40. The number of carbonyl (C=O) groups is 1. The molecular formula is C9H8Cl2INO. The number of alkyl halides is 1. The molecule has 2 nitrogen and oxygen atoms in total. The summed E-state index contributed by atoms with van der Waals surface area (Å²) in [6, 6.07) is 7.56. The fourth-order valence-electron chi connectivity index (χ4n) is 1.33. The first-order chi connectivity index (χ1) is 6.75. The minimum absolute atomic E-state index is 0.0430. The van der Waals surface area contributed by atoms with Crippen molar-refractivity contribution in [1.82, 2.24) is 3.11 Å². The summed E-state index contributed by atoms with van der Waals surface area (Å²) in [7, 11) is 6.29. The van der Waals surface area contributed by atoms with E-state index < -0.39 is 19.0 Å². The van der Waals surface area contributed by atoms with E-state index in [1.165, 1.54) is 0 Å². The van der Waals surface area contributed by atoms with Gasteiger partial charge in [0.15, 0.2) is 0 Å². The normalized spacial score (nSPS) is 17.4. The topological polar surface area (TPSA) is 20.3 Å². The molecule has 1 aliphatic rings. The minimum atomic E-state index is -1.95. The Hall–Kier alpha value is -0.000000000000000167. The molecule has 1 aromatic carbocycles.